The van der Waals surface area contributed by atoms with Crippen LogP contribution in [0.1, 0.15) is 37.2 Å². The summed E-state index contributed by atoms with van der Waals surface area (Å²) in [6, 6.07) is 5.30. The fourth-order valence-electron chi connectivity index (χ4n) is 2.41. The van der Waals surface area contributed by atoms with Crippen molar-refractivity contribution in [3.8, 4) is 5.75 Å². The molecule has 1 fully saturated rings. The summed E-state index contributed by atoms with van der Waals surface area (Å²) in [5.74, 6) is 0.194. The molecule has 1 saturated carbocycles. The van der Waals surface area contributed by atoms with E-state index in [1.165, 1.54) is 7.11 Å². The number of alkyl halides is 1. The van der Waals surface area contributed by atoms with Crippen LogP contribution in [-0.4, -0.2) is 12.5 Å². The van der Waals surface area contributed by atoms with E-state index < -0.39 is 0 Å². The SMILES string of the molecule is COc1cccc(C2CCCCC2Cl)c1F. The summed E-state index contributed by atoms with van der Waals surface area (Å²) in [6.45, 7) is 0. The molecular formula is C13H16ClFO. The Hall–Kier alpha value is -0.760. The first kappa shape index (κ1) is 11.7. The summed E-state index contributed by atoms with van der Waals surface area (Å²) in [5, 5.41) is 0.0513. The van der Waals surface area contributed by atoms with Gasteiger partial charge in [0.15, 0.2) is 11.6 Å². The molecule has 2 unspecified atom stereocenters. The molecule has 1 aromatic rings. The van der Waals surface area contributed by atoms with Crippen molar-refractivity contribution >= 4 is 11.6 Å². The summed E-state index contributed by atoms with van der Waals surface area (Å²) < 4.78 is 19.0. The van der Waals surface area contributed by atoms with E-state index in [2.05, 4.69) is 0 Å². The van der Waals surface area contributed by atoms with Gasteiger partial charge in [-0.25, -0.2) is 4.39 Å². The third kappa shape index (κ3) is 2.17. The lowest BCUT2D eigenvalue weighted by Gasteiger charge is -2.27. The molecule has 0 bridgehead atoms. The fraction of sp³-hybridized carbons (Fsp3) is 0.538. The Kier molecular flexibility index (Phi) is 3.70. The predicted molar refractivity (Wildman–Crippen MR) is 63.8 cm³/mol. The monoisotopic (exact) mass is 242 g/mol. The van der Waals surface area contributed by atoms with Crippen LogP contribution >= 0.6 is 11.6 Å². The molecule has 88 valence electrons. The Bertz CT molecular complexity index is 367. The second-order valence-electron chi connectivity index (χ2n) is 4.27. The largest absolute Gasteiger partial charge is 0.494 e. The summed E-state index contributed by atoms with van der Waals surface area (Å²) in [7, 11) is 1.49. The van der Waals surface area contributed by atoms with Crippen molar-refractivity contribution < 1.29 is 9.13 Å². The minimum absolute atomic E-state index is 0.0513. The van der Waals surface area contributed by atoms with Gasteiger partial charge in [-0.2, -0.15) is 0 Å². The summed E-state index contributed by atoms with van der Waals surface area (Å²) in [6.07, 6.45) is 4.22. The van der Waals surface area contributed by atoms with Crippen LogP contribution in [0.15, 0.2) is 18.2 Å². The van der Waals surface area contributed by atoms with E-state index in [0.717, 1.165) is 25.7 Å². The van der Waals surface area contributed by atoms with E-state index in [0.29, 0.717) is 11.3 Å². The topological polar surface area (TPSA) is 9.23 Å². The van der Waals surface area contributed by atoms with Crippen molar-refractivity contribution in [1.29, 1.82) is 0 Å². The maximum Gasteiger partial charge on any atom is 0.168 e. The van der Waals surface area contributed by atoms with Crippen molar-refractivity contribution in [3.63, 3.8) is 0 Å². The lowest BCUT2D eigenvalue weighted by atomic mass is 9.83. The molecule has 0 aromatic heterocycles. The number of halogens is 2. The van der Waals surface area contributed by atoms with Crippen LogP contribution in [0.4, 0.5) is 4.39 Å². The minimum Gasteiger partial charge on any atom is -0.494 e. The normalized spacial score (nSPS) is 25.4. The van der Waals surface area contributed by atoms with E-state index in [9.17, 15) is 4.39 Å². The molecule has 1 aliphatic rings. The summed E-state index contributed by atoms with van der Waals surface area (Å²) in [4.78, 5) is 0. The molecule has 0 heterocycles. The molecule has 1 aromatic carbocycles. The van der Waals surface area contributed by atoms with Gasteiger partial charge in [0.2, 0.25) is 0 Å². The van der Waals surface area contributed by atoms with E-state index in [-0.39, 0.29) is 17.1 Å². The van der Waals surface area contributed by atoms with Crippen LogP contribution < -0.4 is 4.74 Å². The molecule has 0 saturated heterocycles. The fourth-order valence-corrected chi connectivity index (χ4v) is 2.82. The molecule has 0 aliphatic heterocycles. The first-order chi connectivity index (χ1) is 7.74. The smallest absolute Gasteiger partial charge is 0.168 e. The Morgan fingerprint density at radius 1 is 1.31 bits per heavy atom. The van der Waals surface area contributed by atoms with Gasteiger partial charge in [-0.15, -0.1) is 11.6 Å². The van der Waals surface area contributed by atoms with Gasteiger partial charge in [0, 0.05) is 11.3 Å². The Morgan fingerprint density at radius 3 is 2.75 bits per heavy atom. The van der Waals surface area contributed by atoms with Crippen molar-refractivity contribution in [2.24, 2.45) is 0 Å². The standard InChI is InChI=1S/C13H16ClFO/c1-16-12-8-4-6-10(13(12)15)9-5-2-3-7-11(9)14/h4,6,8-9,11H,2-3,5,7H2,1H3. The second kappa shape index (κ2) is 5.05. The van der Waals surface area contributed by atoms with Gasteiger partial charge in [-0.1, -0.05) is 25.0 Å². The van der Waals surface area contributed by atoms with Gasteiger partial charge in [0.1, 0.15) is 0 Å². The third-order valence-corrected chi connectivity index (χ3v) is 3.82. The van der Waals surface area contributed by atoms with Crippen LogP contribution in [0.5, 0.6) is 5.75 Å². The predicted octanol–water partition coefficient (Wildman–Crippen LogP) is 4.10. The second-order valence-corrected chi connectivity index (χ2v) is 4.83. The number of rotatable bonds is 2. The van der Waals surface area contributed by atoms with Crippen LogP contribution in [0.3, 0.4) is 0 Å². The summed E-state index contributed by atoms with van der Waals surface area (Å²) in [5.41, 5.74) is 0.707. The van der Waals surface area contributed by atoms with Crippen LogP contribution in [0.2, 0.25) is 0 Å². The van der Waals surface area contributed by atoms with Crippen molar-refractivity contribution in [3.05, 3.63) is 29.6 Å². The molecule has 0 amide bonds. The van der Waals surface area contributed by atoms with Crippen LogP contribution in [0.25, 0.3) is 0 Å². The van der Waals surface area contributed by atoms with Crippen LogP contribution in [-0.2, 0) is 0 Å². The highest BCUT2D eigenvalue weighted by molar-refractivity contribution is 6.21. The average Bonchev–Trinajstić information content (AvgIpc) is 2.31. The number of ether oxygens (including phenoxy) is 1. The molecule has 0 spiro atoms. The number of methoxy groups -OCH3 is 1. The van der Waals surface area contributed by atoms with Gasteiger partial charge >= 0.3 is 0 Å². The van der Waals surface area contributed by atoms with Gasteiger partial charge < -0.3 is 4.74 Å². The maximum absolute atomic E-state index is 14.0. The van der Waals surface area contributed by atoms with Crippen LogP contribution in [0, 0.1) is 5.82 Å². The molecule has 1 aliphatic carbocycles. The van der Waals surface area contributed by atoms with Crippen molar-refractivity contribution in [2.45, 2.75) is 37.0 Å². The minimum atomic E-state index is -0.248. The quantitative estimate of drug-likeness (QED) is 0.710. The summed E-state index contributed by atoms with van der Waals surface area (Å²) >= 11 is 6.28. The van der Waals surface area contributed by atoms with E-state index in [4.69, 9.17) is 16.3 Å². The van der Waals surface area contributed by atoms with Crippen molar-refractivity contribution in [1.82, 2.24) is 0 Å². The van der Waals surface area contributed by atoms with Gasteiger partial charge in [0.05, 0.1) is 7.11 Å². The van der Waals surface area contributed by atoms with E-state index in [1.54, 1.807) is 6.07 Å². The Labute approximate surface area is 101 Å². The molecule has 2 rings (SSSR count). The zero-order chi connectivity index (χ0) is 11.5. The van der Waals surface area contributed by atoms with Gasteiger partial charge in [-0.05, 0) is 24.5 Å². The number of benzene rings is 1. The average molecular weight is 243 g/mol. The molecule has 3 heteroatoms. The van der Waals surface area contributed by atoms with E-state index in [1.807, 2.05) is 12.1 Å². The number of hydrogen-bond donors (Lipinski definition) is 0. The zero-order valence-electron chi connectivity index (χ0n) is 9.38. The molecule has 2 atom stereocenters. The molecule has 16 heavy (non-hydrogen) atoms. The number of hydrogen-bond acceptors (Lipinski definition) is 1. The highest BCUT2D eigenvalue weighted by Crippen LogP contribution is 2.39. The first-order valence-electron chi connectivity index (χ1n) is 5.70. The zero-order valence-corrected chi connectivity index (χ0v) is 10.1. The van der Waals surface area contributed by atoms with Gasteiger partial charge in [-0.3, -0.25) is 0 Å². The molecular weight excluding hydrogens is 227 g/mol. The first-order valence-corrected chi connectivity index (χ1v) is 6.14. The Balaban J connectivity index is 2.31. The third-order valence-electron chi connectivity index (χ3n) is 3.29. The lowest BCUT2D eigenvalue weighted by molar-refractivity contribution is 0.375. The van der Waals surface area contributed by atoms with Gasteiger partial charge in [0.25, 0.3) is 0 Å². The Morgan fingerprint density at radius 2 is 2.06 bits per heavy atom. The maximum atomic E-state index is 14.0. The van der Waals surface area contributed by atoms with Crippen molar-refractivity contribution in [2.75, 3.05) is 7.11 Å². The molecule has 0 radical (unpaired) electrons. The van der Waals surface area contributed by atoms with E-state index >= 15 is 0 Å². The molecule has 0 N–H and O–H groups in total. The highest BCUT2D eigenvalue weighted by Gasteiger charge is 2.27. The molecule has 1 nitrogen and oxygen atoms in total. The highest BCUT2D eigenvalue weighted by atomic mass is 35.5. The lowest BCUT2D eigenvalue weighted by Crippen LogP contribution is -2.19.